The first-order chi connectivity index (χ1) is 5.68. The van der Waals surface area contributed by atoms with Crippen molar-refractivity contribution in [2.45, 2.75) is 44.4 Å². The van der Waals surface area contributed by atoms with E-state index in [0.717, 1.165) is 10.7 Å². The fourth-order valence-electron chi connectivity index (χ4n) is 1.10. The molecule has 0 heterocycles. The molecule has 1 unspecified atom stereocenters. The van der Waals surface area contributed by atoms with Gasteiger partial charge in [0.05, 0.1) is 0 Å². The van der Waals surface area contributed by atoms with E-state index in [2.05, 4.69) is 36.0 Å². The SMILES string of the molecule is CSCCCCCC(Br)C(C)C. The van der Waals surface area contributed by atoms with Gasteiger partial charge in [-0.25, -0.2) is 0 Å². The lowest BCUT2D eigenvalue weighted by Gasteiger charge is -2.12. The van der Waals surface area contributed by atoms with Crippen LogP contribution in [0.3, 0.4) is 0 Å². The number of unbranched alkanes of at least 4 members (excludes halogenated alkanes) is 2. The molecule has 0 aliphatic heterocycles. The van der Waals surface area contributed by atoms with Crippen LogP contribution in [0.5, 0.6) is 0 Å². The summed E-state index contributed by atoms with van der Waals surface area (Å²) in [4.78, 5) is 0.728. The van der Waals surface area contributed by atoms with E-state index in [-0.39, 0.29) is 0 Å². The van der Waals surface area contributed by atoms with Gasteiger partial charge in [0, 0.05) is 4.83 Å². The van der Waals surface area contributed by atoms with Crippen LogP contribution < -0.4 is 0 Å². The Kier molecular flexibility index (Phi) is 9.01. The average molecular weight is 253 g/mol. The third-order valence-electron chi connectivity index (χ3n) is 2.05. The van der Waals surface area contributed by atoms with E-state index in [4.69, 9.17) is 0 Å². The summed E-state index contributed by atoms with van der Waals surface area (Å²) in [6.45, 7) is 4.56. The normalized spacial score (nSPS) is 13.8. The van der Waals surface area contributed by atoms with Crippen molar-refractivity contribution < 1.29 is 0 Å². The number of hydrogen-bond acceptors (Lipinski definition) is 1. The maximum Gasteiger partial charge on any atom is 0.0168 e. The van der Waals surface area contributed by atoms with Crippen LogP contribution in [-0.2, 0) is 0 Å². The smallest absolute Gasteiger partial charge is 0.0168 e. The van der Waals surface area contributed by atoms with Crippen LogP contribution in [0.1, 0.15) is 39.5 Å². The van der Waals surface area contributed by atoms with Gasteiger partial charge in [-0.1, -0.05) is 42.6 Å². The molecule has 12 heavy (non-hydrogen) atoms. The number of thioether (sulfide) groups is 1. The fourth-order valence-corrected chi connectivity index (χ4v) is 1.91. The molecule has 0 amide bonds. The van der Waals surface area contributed by atoms with E-state index in [1.807, 2.05) is 11.8 Å². The van der Waals surface area contributed by atoms with Crippen LogP contribution >= 0.6 is 27.7 Å². The zero-order valence-electron chi connectivity index (χ0n) is 8.48. The van der Waals surface area contributed by atoms with Crippen LogP contribution in [-0.4, -0.2) is 16.8 Å². The number of alkyl halides is 1. The maximum absolute atomic E-state index is 3.71. The monoisotopic (exact) mass is 252 g/mol. The van der Waals surface area contributed by atoms with Crippen molar-refractivity contribution in [3.8, 4) is 0 Å². The second kappa shape index (κ2) is 8.43. The Morgan fingerprint density at radius 2 is 1.83 bits per heavy atom. The molecule has 0 saturated heterocycles. The van der Waals surface area contributed by atoms with Gasteiger partial charge in [-0.15, -0.1) is 0 Å². The Bertz CT molecular complexity index is 93.8. The second-order valence-corrected chi connectivity index (χ2v) is 5.76. The van der Waals surface area contributed by atoms with Crippen LogP contribution in [0, 0.1) is 5.92 Å². The fraction of sp³-hybridized carbons (Fsp3) is 1.00. The van der Waals surface area contributed by atoms with Crippen molar-refractivity contribution in [3.05, 3.63) is 0 Å². The van der Waals surface area contributed by atoms with E-state index in [1.165, 1.54) is 31.4 Å². The van der Waals surface area contributed by atoms with Crippen molar-refractivity contribution in [1.29, 1.82) is 0 Å². The molecule has 0 rings (SSSR count). The van der Waals surface area contributed by atoms with Gasteiger partial charge in [0.15, 0.2) is 0 Å². The molecule has 0 aromatic heterocycles. The van der Waals surface area contributed by atoms with Crippen LogP contribution in [0.2, 0.25) is 0 Å². The first-order valence-electron chi connectivity index (χ1n) is 4.81. The third kappa shape index (κ3) is 7.48. The number of halogens is 1. The number of hydrogen-bond donors (Lipinski definition) is 0. The minimum atomic E-state index is 0.728. The molecule has 0 radical (unpaired) electrons. The molecule has 0 aromatic carbocycles. The van der Waals surface area contributed by atoms with Crippen LogP contribution in [0.4, 0.5) is 0 Å². The highest BCUT2D eigenvalue weighted by Gasteiger charge is 2.07. The molecule has 0 aliphatic rings. The molecule has 0 saturated carbocycles. The van der Waals surface area contributed by atoms with Gasteiger partial charge in [0.2, 0.25) is 0 Å². The lowest BCUT2D eigenvalue weighted by Crippen LogP contribution is -2.06. The second-order valence-electron chi connectivity index (χ2n) is 3.60. The molecule has 2 heteroatoms. The number of rotatable bonds is 7. The van der Waals surface area contributed by atoms with E-state index >= 15 is 0 Å². The molecule has 0 nitrogen and oxygen atoms in total. The zero-order chi connectivity index (χ0) is 9.40. The van der Waals surface area contributed by atoms with Gasteiger partial charge in [0.25, 0.3) is 0 Å². The zero-order valence-corrected chi connectivity index (χ0v) is 10.9. The maximum atomic E-state index is 3.71. The van der Waals surface area contributed by atoms with Crippen molar-refractivity contribution in [1.82, 2.24) is 0 Å². The minimum absolute atomic E-state index is 0.728. The highest BCUT2D eigenvalue weighted by molar-refractivity contribution is 9.09. The Morgan fingerprint density at radius 1 is 1.17 bits per heavy atom. The summed E-state index contributed by atoms with van der Waals surface area (Å²) in [7, 11) is 0. The molecule has 0 aromatic rings. The van der Waals surface area contributed by atoms with E-state index in [9.17, 15) is 0 Å². The molecule has 1 atom stereocenters. The van der Waals surface area contributed by atoms with Crippen LogP contribution in [0.25, 0.3) is 0 Å². The Labute approximate surface area is 90.0 Å². The van der Waals surface area contributed by atoms with Gasteiger partial charge in [0.1, 0.15) is 0 Å². The van der Waals surface area contributed by atoms with Gasteiger partial charge in [-0.2, -0.15) is 11.8 Å². The summed E-state index contributed by atoms with van der Waals surface area (Å²) < 4.78 is 0. The lowest BCUT2D eigenvalue weighted by atomic mass is 10.0. The largest absolute Gasteiger partial charge is 0.165 e. The van der Waals surface area contributed by atoms with Crippen LogP contribution in [0.15, 0.2) is 0 Å². The van der Waals surface area contributed by atoms with Crippen molar-refractivity contribution in [2.24, 2.45) is 5.92 Å². The topological polar surface area (TPSA) is 0 Å². The summed E-state index contributed by atoms with van der Waals surface area (Å²) in [5, 5.41) is 0. The van der Waals surface area contributed by atoms with E-state index in [1.54, 1.807) is 0 Å². The third-order valence-corrected chi connectivity index (χ3v) is 4.26. The predicted molar refractivity (Wildman–Crippen MR) is 64.4 cm³/mol. The molecule has 0 spiro atoms. The molecule has 0 fully saturated rings. The summed E-state index contributed by atoms with van der Waals surface area (Å²) in [5.74, 6) is 2.11. The Hall–Kier alpha value is 0.830. The molecule has 0 aliphatic carbocycles. The van der Waals surface area contributed by atoms with Gasteiger partial charge in [-0.05, 0) is 30.8 Å². The quantitative estimate of drug-likeness (QED) is 0.480. The predicted octanol–water partition coefficient (Wildman–Crippen LogP) is 4.33. The van der Waals surface area contributed by atoms with E-state index in [0.29, 0.717) is 0 Å². The minimum Gasteiger partial charge on any atom is -0.165 e. The van der Waals surface area contributed by atoms with Crippen molar-refractivity contribution >= 4 is 27.7 Å². The van der Waals surface area contributed by atoms with Crippen molar-refractivity contribution in [3.63, 3.8) is 0 Å². The first kappa shape index (κ1) is 12.8. The summed E-state index contributed by atoms with van der Waals surface area (Å²) in [6, 6.07) is 0. The average Bonchev–Trinajstić information content (AvgIpc) is 2.03. The van der Waals surface area contributed by atoms with Gasteiger partial charge in [-0.3, -0.25) is 0 Å². The standard InChI is InChI=1S/C10H21BrS/c1-9(2)10(11)7-5-4-6-8-12-3/h9-10H,4-8H2,1-3H3. The molecule has 0 bridgehead atoms. The summed E-state index contributed by atoms with van der Waals surface area (Å²) in [6.07, 6.45) is 7.69. The molecular formula is C10H21BrS. The molecule has 74 valence electrons. The highest BCUT2D eigenvalue weighted by Crippen LogP contribution is 2.19. The summed E-state index contributed by atoms with van der Waals surface area (Å²) in [5.41, 5.74) is 0. The first-order valence-corrected chi connectivity index (χ1v) is 7.12. The molecular weight excluding hydrogens is 232 g/mol. The Balaban J connectivity index is 3.08. The Morgan fingerprint density at radius 3 is 2.33 bits per heavy atom. The lowest BCUT2D eigenvalue weighted by molar-refractivity contribution is 0.548. The van der Waals surface area contributed by atoms with Crippen molar-refractivity contribution in [2.75, 3.05) is 12.0 Å². The molecule has 0 N–H and O–H groups in total. The summed E-state index contributed by atoms with van der Waals surface area (Å²) >= 11 is 5.66. The van der Waals surface area contributed by atoms with Gasteiger partial charge < -0.3 is 0 Å². The van der Waals surface area contributed by atoms with Gasteiger partial charge >= 0.3 is 0 Å². The van der Waals surface area contributed by atoms with E-state index < -0.39 is 0 Å². The highest BCUT2D eigenvalue weighted by atomic mass is 79.9.